The van der Waals surface area contributed by atoms with E-state index in [4.69, 9.17) is 11.6 Å². The first kappa shape index (κ1) is 5.57. The number of rotatable bonds is 0. The number of pyridine rings is 1. The third-order valence-electron chi connectivity index (χ3n) is 0.800. The lowest BCUT2D eigenvalue weighted by molar-refractivity contribution is 1.26. The third kappa shape index (κ3) is 1.20. The summed E-state index contributed by atoms with van der Waals surface area (Å²) >= 11 is 5.47. The molecule has 41 valence electrons. The molecule has 0 aromatic carbocycles. The summed E-state index contributed by atoms with van der Waals surface area (Å²) in [5.74, 6) is 0. The highest BCUT2D eigenvalue weighted by Gasteiger charge is 1.84. The van der Waals surface area contributed by atoms with E-state index in [0.717, 1.165) is 5.56 Å². The Morgan fingerprint density at radius 3 is 2.88 bits per heavy atom. The van der Waals surface area contributed by atoms with Crippen molar-refractivity contribution in [2.75, 3.05) is 0 Å². The third-order valence-corrected chi connectivity index (χ3v) is 1.01. The molecule has 0 unspecified atom stereocenters. The van der Waals surface area contributed by atoms with Gasteiger partial charge in [0.2, 0.25) is 0 Å². The second-order valence-electron chi connectivity index (χ2n) is 1.55. The zero-order valence-corrected chi connectivity index (χ0v) is 5.24. The predicted molar refractivity (Wildman–Crippen MR) is 32.8 cm³/mol. The number of nitrogens with zero attached hydrogens (tertiary/aromatic N) is 1. The van der Waals surface area contributed by atoms with Crippen molar-refractivity contribution in [1.82, 2.24) is 4.98 Å². The molecule has 0 aliphatic heterocycles. The van der Waals surface area contributed by atoms with Gasteiger partial charge in [-0.05, 0) is 24.6 Å². The number of halogens is 1. The number of aromatic nitrogens is 1. The Balaban J connectivity index is 3.03. The fraction of sp³-hybridized carbons (Fsp3) is 0.167. The Morgan fingerprint density at radius 1 is 1.75 bits per heavy atom. The van der Waals surface area contributed by atoms with Gasteiger partial charge in [-0.3, -0.25) is 0 Å². The van der Waals surface area contributed by atoms with Crippen molar-refractivity contribution >= 4 is 11.6 Å². The van der Waals surface area contributed by atoms with Gasteiger partial charge in [-0.2, -0.15) is 0 Å². The van der Waals surface area contributed by atoms with Crippen LogP contribution in [0.15, 0.2) is 12.3 Å². The molecule has 0 saturated heterocycles. The molecule has 1 aromatic rings. The molecule has 8 heavy (non-hydrogen) atoms. The number of hydrogen-bond acceptors (Lipinski definition) is 1. The van der Waals surface area contributed by atoms with Gasteiger partial charge in [-0.1, -0.05) is 11.6 Å². The average Bonchev–Trinajstić information content (AvgIpc) is 1.77. The Hall–Kier alpha value is -0.560. The molecule has 1 aromatic heterocycles. The maximum Gasteiger partial charge on any atom is 0.129 e. The predicted octanol–water partition coefficient (Wildman–Crippen LogP) is 1.84. The molecule has 0 aliphatic rings. The molecule has 0 N–H and O–H groups in total. The van der Waals surface area contributed by atoms with Crippen molar-refractivity contribution in [1.29, 1.82) is 0 Å². The number of hydrogen-bond donors (Lipinski definition) is 0. The van der Waals surface area contributed by atoms with E-state index in [2.05, 4.69) is 11.1 Å². The first-order valence-electron chi connectivity index (χ1n) is 2.29. The average molecular weight is 127 g/mol. The monoisotopic (exact) mass is 126 g/mol. The molecule has 0 bridgehead atoms. The van der Waals surface area contributed by atoms with Crippen LogP contribution in [0.25, 0.3) is 0 Å². The van der Waals surface area contributed by atoms with Crippen LogP contribution in [-0.2, 0) is 0 Å². The second kappa shape index (κ2) is 2.14. The van der Waals surface area contributed by atoms with Gasteiger partial charge in [0.15, 0.2) is 0 Å². The minimum atomic E-state index is 0.496. The van der Waals surface area contributed by atoms with Gasteiger partial charge in [0, 0.05) is 6.20 Å². The SMILES string of the molecule is Cc1[c]cc(Cl)nc1. The van der Waals surface area contributed by atoms with E-state index >= 15 is 0 Å². The molecule has 0 fully saturated rings. The molecular formula is C6H5ClN. The molecule has 2 heteroatoms. The van der Waals surface area contributed by atoms with E-state index < -0.39 is 0 Å². The van der Waals surface area contributed by atoms with E-state index in [1.165, 1.54) is 0 Å². The summed E-state index contributed by atoms with van der Waals surface area (Å²) in [4.78, 5) is 3.81. The first-order valence-corrected chi connectivity index (χ1v) is 2.66. The molecule has 0 aliphatic carbocycles. The lowest BCUT2D eigenvalue weighted by atomic mass is 10.3. The van der Waals surface area contributed by atoms with E-state index in [9.17, 15) is 0 Å². The van der Waals surface area contributed by atoms with E-state index in [1.807, 2.05) is 6.92 Å². The summed E-state index contributed by atoms with van der Waals surface area (Å²) in [7, 11) is 0. The Labute approximate surface area is 53.3 Å². The quantitative estimate of drug-likeness (QED) is 0.484. The van der Waals surface area contributed by atoms with Crippen LogP contribution in [0.4, 0.5) is 0 Å². The fourth-order valence-electron chi connectivity index (χ4n) is 0.406. The molecular weight excluding hydrogens is 122 g/mol. The van der Waals surface area contributed by atoms with Crippen molar-refractivity contribution in [2.45, 2.75) is 6.92 Å². The molecule has 0 amide bonds. The van der Waals surface area contributed by atoms with Gasteiger partial charge >= 0.3 is 0 Å². The van der Waals surface area contributed by atoms with Crippen LogP contribution in [0, 0.1) is 13.0 Å². The van der Waals surface area contributed by atoms with Gasteiger partial charge in [0.25, 0.3) is 0 Å². The molecule has 1 nitrogen and oxygen atoms in total. The summed E-state index contributed by atoms with van der Waals surface area (Å²) in [5, 5.41) is 0.496. The van der Waals surface area contributed by atoms with E-state index in [-0.39, 0.29) is 0 Å². The van der Waals surface area contributed by atoms with Gasteiger partial charge in [0.1, 0.15) is 5.15 Å². The molecule has 0 atom stereocenters. The van der Waals surface area contributed by atoms with Gasteiger partial charge < -0.3 is 0 Å². The molecule has 1 heterocycles. The molecule has 0 spiro atoms. The van der Waals surface area contributed by atoms with Crippen LogP contribution < -0.4 is 0 Å². The molecule has 1 rings (SSSR count). The van der Waals surface area contributed by atoms with Crippen LogP contribution in [0.1, 0.15) is 5.56 Å². The smallest absolute Gasteiger partial charge is 0.129 e. The van der Waals surface area contributed by atoms with Crippen molar-refractivity contribution in [2.24, 2.45) is 0 Å². The van der Waals surface area contributed by atoms with Crippen molar-refractivity contribution in [3.8, 4) is 0 Å². The Kier molecular flexibility index (Phi) is 1.49. The largest absolute Gasteiger partial charge is 0.244 e. The highest BCUT2D eigenvalue weighted by Crippen LogP contribution is 2.01. The summed E-state index contributed by atoms with van der Waals surface area (Å²) in [6.45, 7) is 1.92. The lowest BCUT2D eigenvalue weighted by Gasteiger charge is -1.86. The standard InChI is InChI=1S/C6H5ClN/c1-5-2-3-6(7)8-4-5/h3-4H,1H3. The summed E-state index contributed by atoms with van der Waals surface area (Å²) < 4.78 is 0. The van der Waals surface area contributed by atoms with Crippen LogP contribution in [0.5, 0.6) is 0 Å². The zero-order chi connectivity index (χ0) is 5.98. The maximum atomic E-state index is 5.47. The topological polar surface area (TPSA) is 12.9 Å². The summed E-state index contributed by atoms with van der Waals surface area (Å²) in [6.07, 6.45) is 1.68. The summed E-state index contributed by atoms with van der Waals surface area (Å²) in [5.41, 5.74) is 1.01. The van der Waals surface area contributed by atoms with Crippen molar-refractivity contribution in [3.63, 3.8) is 0 Å². The minimum Gasteiger partial charge on any atom is -0.244 e. The van der Waals surface area contributed by atoms with Gasteiger partial charge in [-0.15, -0.1) is 0 Å². The Morgan fingerprint density at radius 2 is 2.50 bits per heavy atom. The van der Waals surface area contributed by atoms with Gasteiger partial charge in [0.05, 0.1) is 0 Å². The lowest BCUT2D eigenvalue weighted by Crippen LogP contribution is -1.74. The Bertz CT molecular complexity index is 147. The number of aryl methyl sites for hydroxylation is 1. The fourth-order valence-corrected chi connectivity index (χ4v) is 0.510. The second-order valence-corrected chi connectivity index (χ2v) is 1.94. The van der Waals surface area contributed by atoms with Crippen molar-refractivity contribution in [3.05, 3.63) is 29.0 Å². The van der Waals surface area contributed by atoms with Crippen LogP contribution in [-0.4, -0.2) is 4.98 Å². The van der Waals surface area contributed by atoms with Crippen LogP contribution >= 0.6 is 11.6 Å². The van der Waals surface area contributed by atoms with E-state index in [1.54, 1.807) is 12.3 Å². The normalized spacial score (nSPS) is 9.25. The first-order chi connectivity index (χ1) is 3.79. The molecule has 1 radical (unpaired) electrons. The zero-order valence-electron chi connectivity index (χ0n) is 4.48. The highest BCUT2D eigenvalue weighted by molar-refractivity contribution is 6.29. The minimum absolute atomic E-state index is 0.496. The maximum absolute atomic E-state index is 5.47. The van der Waals surface area contributed by atoms with Gasteiger partial charge in [-0.25, -0.2) is 4.98 Å². The van der Waals surface area contributed by atoms with Crippen LogP contribution in [0.2, 0.25) is 5.15 Å². The summed E-state index contributed by atoms with van der Waals surface area (Å²) in [6, 6.07) is 4.55. The van der Waals surface area contributed by atoms with E-state index in [0.29, 0.717) is 5.15 Å². The molecule has 0 saturated carbocycles. The highest BCUT2D eigenvalue weighted by atomic mass is 35.5. The van der Waals surface area contributed by atoms with Crippen molar-refractivity contribution < 1.29 is 0 Å². The van der Waals surface area contributed by atoms with Crippen LogP contribution in [0.3, 0.4) is 0 Å².